The summed E-state index contributed by atoms with van der Waals surface area (Å²) in [5.74, 6) is 0.406. The van der Waals surface area contributed by atoms with E-state index < -0.39 is 0 Å². The van der Waals surface area contributed by atoms with E-state index in [2.05, 4.69) is 30.0 Å². The number of thioether (sulfide) groups is 1. The van der Waals surface area contributed by atoms with Crippen LogP contribution in [0.5, 0.6) is 0 Å². The molecule has 0 aromatic carbocycles. The van der Waals surface area contributed by atoms with Crippen molar-refractivity contribution in [2.45, 2.75) is 37.0 Å². The molecule has 1 atom stereocenters. The summed E-state index contributed by atoms with van der Waals surface area (Å²) in [6.45, 7) is 6.38. The first-order valence-corrected chi connectivity index (χ1v) is 6.61. The summed E-state index contributed by atoms with van der Waals surface area (Å²) in [4.78, 5) is 4.36. The van der Waals surface area contributed by atoms with Crippen LogP contribution >= 0.6 is 11.8 Å². The molecule has 2 aromatic rings. The highest BCUT2D eigenvalue weighted by atomic mass is 32.2. The molecule has 0 radical (unpaired) electrons. The van der Waals surface area contributed by atoms with Crippen molar-refractivity contribution in [3.8, 4) is 0 Å². The summed E-state index contributed by atoms with van der Waals surface area (Å²) in [5, 5.41) is 14.7. The minimum absolute atomic E-state index is 0.145. The number of aromatic nitrogens is 3. The smallest absolute Gasteiger partial charge is 0.122 e. The van der Waals surface area contributed by atoms with Crippen LogP contribution < -0.4 is 0 Å². The summed E-state index contributed by atoms with van der Waals surface area (Å²) in [6.07, 6.45) is 3.60. The molecule has 0 saturated carbocycles. The summed E-state index contributed by atoms with van der Waals surface area (Å²) < 4.78 is 1.86. The third-order valence-corrected chi connectivity index (χ3v) is 3.62. The van der Waals surface area contributed by atoms with Crippen LogP contribution in [-0.4, -0.2) is 31.6 Å². The number of rotatable bonds is 4. The standard InChI is InChI=1S/C12H17N3OS/c1-8(2)10-6-11-12(17-9(3)7-16)13-4-5-15(11)14-10/h4-6,8-9,16H,7H2,1-3H3. The van der Waals surface area contributed by atoms with Gasteiger partial charge in [-0.15, -0.1) is 0 Å². The van der Waals surface area contributed by atoms with Crippen LogP contribution in [0.25, 0.3) is 5.52 Å². The first-order chi connectivity index (χ1) is 8.11. The van der Waals surface area contributed by atoms with Gasteiger partial charge in [-0.3, -0.25) is 0 Å². The lowest BCUT2D eigenvalue weighted by Gasteiger charge is -2.07. The van der Waals surface area contributed by atoms with E-state index in [0.29, 0.717) is 5.92 Å². The molecule has 0 spiro atoms. The van der Waals surface area contributed by atoms with Gasteiger partial charge in [-0.25, -0.2) is 9.50 Å². The molecule has 2 heterocycles. The zero-order valence-electron chi connectivity index (χ0n) is 10.3. The summed E-state index contributed by atoms with van der Waals surface area (Å²) in [7, 11) is 0. The molecule has 5 heteroatoms. The van der Waals surface area contributed by atoms with Crippen molar-refractivity contribution in [2.24, 2.45) is 0 Å². The molecule has 1 unspecified atom stereocenters. The van der Waals surface area contributed by atoms with E-state index in [4.69, 9.17) is 5.11 Å². The number of aliphatic hydroxyl groups excluding tert-OH is 1. The topological polar surface area (TPSA) is 50.4 Å². The van der Waals surface area contributed by atoms with Crippen molar-refractivity contribution in [1.82, 2.24) is 14.6 Å². The Bertz CT molecular complexity index is 509. The molecule has 2 rings (SSSR count). The van der Waals surface area contributed by atoms with Gasteiger partial charge in [0.1, 0.15) is 5.03 Å². The molecule has 0 aliphatic carbocycles. The van der Waals surface area contributed by atoms with Crippen LogP contribution in [0.2, 0.25) is 0 Å². The molecule has 0 bridgehead atoms. The lowest BCUT2D eigenvalue weighted by atomic mass is 10.1. The molecule has 0 amide bonds. The minimum atomic E-state index is 0.145. The van der Waals surface area contributed by atoms with E-state index in [1.165, 1.54) is 0 Å². The zero-order chi connectivity index (χ0) is 12.4. The van der Waals surface area contributed by atoms with E-state index in [9.17, 15) is 0 Å². The molecule has 0 fully saturated rings. The van der Waals surface area contributed by atoms with Crippen molar-refractivity contribution in [3.63, 3.8) is 0 Å². The first-order valence-electron chi connectivity index (χ1n) is 5.73. The largest absolute Gasteiger partial charge is 0.395 e. The molecule has 0 saturated heterocycles. The molecular formula is C12H17N3OS. The summed E-state index contributed by atoms with van der Waals surface area (Å²) in [5.41, 5.74) is 2.08. The molecule has 0 aliphatic heterocycles. The van der Waals surface area contributed by atoms with Gasteiger partial charge < -0.3 is 5.11 Å². The van der Waals surface area contributed by atoms with E-state index in [1.807, 2.05) is 17.6 Å². The number of hydrogen-bond donors (Lipinski definition) is 1. The molecule has 2 aromatic heterocycles. The average molecular weight is 251 g/mol. The highest BCUT2D eigenvalue weighted by molar-refractivity contribution is 8.00. The fraction of sp³-hybridized carbons (Fsp3) is 0.500. The van der Waals surface area contributed by atoms with Gasteiger partial charge in [0.15, 0.2) is 0 Å². The van der Waals surface area contributed by atoms with E-state index in [-0.39, 0.29) is 11.9 Å². The fourth-order valence-corrected chi connectivity index (χ4v) is 2.37. The third kappa shape index (κ3) is 2.61. The Hall–Kier alpha value is -1.07. The SMILES string of the molecule is CC(CO)Sc1nccn2nc(C(C)C)cc12. The van der Waals surface area contributed by atoms with E-state index in [1.54, 1.807) is 18.0 Å². The summed E-state index contributed by atoms with van der Waals surface area (Å²) >= 11 is 1.58. The molecule has 0 aliphatic rings. The van der Waals surface area contributed by atoms with Gasteiger partial charge in [-0.05, 0) is 12.0 Å². The molecule has 4 nitrogen and oxygen atoms in total. The molecule has 92 valence electrons. The lowest BCUT2D eigenvalue weighted by molar-refractivity contribution is 0.300. The Labute approximate surface area is 105 Å². The Morgan fingerprint density at radius 1 is 1.41 bits per heavy atom. The second kappa shape index (κ2) is 5.06. The Morgan fingerprint density at radius 3 is 2.82 bits per heavy atom. The predicted molar refractivity (Wildman–Crippen MR) is 69.5 cm³/mol. The molecular weight excluding hydrogens is 234 g/mol. The van der Waals surface area contributed by atoms with Gasteiger partial charge in [0.05, 0.1) is 17.8 Å². The maximum absolute atomic E-state index is 9.09. The van der Waals surface area contributed by atoms with Gasteiger partial charge in [0.25, 0.3) is 0 Å². The second-order valence-electron chi connectivity index (χ2n) is 4.40. The first kappa shape index (κ1) is 12.4. The molecule has 17 heavy (non-hydrogen) atoms. The quantitative estimate of drug-likeness (QED) is 0.847. The molecule has 1 N–H and O–H groups in total. The Kier molecular flexibility index (Phi) is 3.69. The van der Waals surface area contributed by atoms with Gasteiger partial charge in [-0.2, -0.15) is 5.10 Å². The zero-order valence-corrected chi connectivity index (χ0v) is 11.1. The van der Waals surface area contributed by atoms with Crippen LogP contribution in [0, 0.1) is 0 Å². The van der Waals surface area contributed by atoms with Crippen LogP contribution in [0.1, 0.15) is 32.4 Å². The third-order valence-electron chi connectivity index (χ3n) is 2.53. The number of hydrogen-bond acceptors (Lipinski definition) is 4. The highest BCUT2D eigenvalue weighted by Gasteiger charge is 2.12. The van der Waals surface area contributed by atoms with Crippen LogP contribution in [0.4, 0.5) is 0 Å². The minimum Gasteiger partial charge on any atom is -0.395 e. The Balaban J connectivity index is 2.42. The number of aliphatic hydroxyl groups is 1. The van der Waals surface area contributed by atoms with Gasteiger partial charge in [-0.1, -0.05) is 32.5 Å². The average Bonchev–Trinajstić information content (AvgIpc) is 2.74. The number of fused-ring (bicyclic) bond motifs is 1. The van der Waals surface area contributed by atoms with Gasteiger partial charge in [0.2, 0.25) is 0 Å². The predicted octanol–water partition coefficient (Wildman–Crippen LogP) is 2.33. The monoisotopic (exact) mass is 251 g/mol. The lowest BCUT2D eigenvalue weighted by Crippen LogP contribution is -2.03. The van der Waals surface area contributed by atoms with Crippen molar-refractivity contribution in [1.29, 1.82) is 0 Å². The van der Waals surface area contributed by atoms with Crippen LogP contribution in [0.15, 0.2) is 23.5 Å². The van der Waals surface area contributed by atoms with Crippen LogP contribution in [-0.2, 0) is 0 Å². The normalized spacial score (nSPS) is 13.5. The van der Waals surface area contributed by atoms with E-state index >= 15 is 0 Å². The van der Waals surface area contributed by atoms with Crippen LogP contribution in [0.3, 0.4) is 0 Å². The van der Waals surface area contributed by atoms with E-state index in [0.717, 1.165) is 16.2 Å². The number of nitrogens with zero attached hydrogens (tertiary/aromatic N) is 3. The van der Waals surface area contributed by atoms with Crippen molar-refractivity contribution < 1.29 is 5.11 Å². The van der Waals surface area contributed by atoms with Crippen molar-refractivity contribution in [2.75, 3.05) is 6.61 Å². The summed E-state index contributed by atoms with van der Waals surface area (Å²) in [6, 6.07) is 2.07. The second-order valence-corrected chi connectivity index (χ2v) is 5.82. The maximum Gasteiger partial charge on any atom is 0.122 e. The van der Waals surface area contributed by atoms with Gasteiger partial charge in [0, 0.05) is 17.6 Å². The van der Waals surface area contributed by atoms with Crippen molar-refractivity contribution >= 4 is 17.3 Å². The van der Waals surface area contributed by atoms with Gasteiger partial charge >= 0.3 is 0 Å². The fourth-order valence-electron chi connectivity index (χ4n) is 1.52. The van der Waals surface area contributed by atoms with Crippen molar-refractivity contribution in [3.05, 3.63) is 24.2 Å². The highest BCUT2D eigenvalue weighted by Crippen LogP contribution is 2.26. The maximum atomic E-state index is 9.09. The Morgan fingerprint density at radius 2 is 2.18 bits per heavy atom.